The first kappa shape index (κ1) is 14.2. The molecule has 0 unspecified atom stereocenters. The summed E-state index contributed by atoms with van der Waals surface area (Å²) in [6.45, 7) is 0.479. The average Bonchev–Trinajstić information content (AvgIpc) is 2.33. The molecule has 0 fully saturated rings. The van der Waals surface area contributed by atoms with Gasteiger partial charge in [-0.25, -0.2) is 0 Å². The molecule has 2 N–H and O–H groups in total. The molecule has 0 aliphatic rings. The fourth-order valence-corrected chi connectivity index (χ4v) is 1.47. The second-order valence-electron chi connectivity index (χ2n) is 3.24. The fourth-order valence-electron chi connectivity index (χ4n) is 1.15. The Hall–Kier alpha value is -0.880. The zero-order valence-corrected chi connectivity index (χ0v) is 11.3. The molecule has 1 aromatic carbocycles. The van der Waals surface area contributed by atoms with Crippen LogP contribution in [0.5, 0.6) is 0 Å². The van der Waals surface area contributed by atoms with Crippen molar-refractivity contribution in [3.63, 3.8) is 0 Å². The Bertz CT molecular complexity index is 355. The number of nitrogens with one attached hydrogen (secondary N) is 2. The minimum absolute atomic E-state index is 0.319. The molecule has 1 aromatic rings. The first-order valence-corrected chi connectivity index (χ1v) is 5.80. The lowest BCUT2D eigenvalue weighted by Crippen LogP contribution is -2.36. The van der Waals surface area contributed by atoms with Crippen LogP contribution in [-0.2, 0) is 9.47 Å². The van der Waals surface area contributed by atoms with Crippen molar-refractivity contribution >= 4 is 34.6 Å². The first-order valence-electron chi connectivity index (χ1n) is 5.01. The van der Waals surface area contributed by atoms with E-state index in [1.165, 1.54) is 0 Å². The molecular formula is C11H15ClN2O2S. The Labute approximate surface area is 111 Å². The highest BCUT2D eigenvalue weighted by atomic mass is 35.5. The van der Waals surface area contributed by atoms with Crippen LogP contribution in [-0.4, -0.2) is 32.2 Å². The molecular weight excluding hydrogens is 260 g/mol. The average molecular weight is 275 g/mol. The molecule has 0 aliphatic heterocycles. The van der Waals surface area contributed by atoms with Crippen LogP contribution in [0.2, 0.25) is 5.02 Å². The standard InChI is InChI=1S/C11H15ClN2O2S/c1-15-10(16-2)7-13-11(17)14-9-5-3-8(12)4-6-9/h3-6,10H,7H2,1-2H3,(H2,13,14,17). The van der Waals surface area contributed by atoms with E-state index in [0.717, 1.165) is 5.69 Å². The van der Waals surface area contributed by atoms with Crippen molar-refractivity contribution in [2.24, 2.45) is 0 Å². The molecule has 17 heavy (non-hydrogen) atoms. The summed E-state index contributed by atoms with van der Waals surface area (Å²) in [6.07, 6.45) is -0.319. The molecule has 0 saturated carbocycles. The third kappa shape index (κ3) is 5.32. The Morgan fingerprint density at radius 2 is 1.88 bits per heavy atom. The van der Waals surface area contributed by atoms with E-state index in [0.29, 0.717) is 16.7 Å². The lowest BCUT2D eigenvalue weighted by atomic mass is 10.3. The number of methoxy groups -OCH3 is 2. The lowest BCUT2D eigenvalue weighted by Gasteiger charge is -2.16. The van der Waals surface area contributed by atoms with Gasteiger partial charge in [0.1, 0.15) is 0 Å². The SMILES string of the molecule is COC(CNC(=S)Nc1ccc(Cl)cc1)OC. The summed E-state index contributed by atoms with van der Waals surface area (Å²) in [5.41, 5.74) is 0.873. The van der Waals surface area contributed by atoms with E-state index in [-0.39, 0.29) is 6.29 Å². The maximum atomic E-state index is 5.78. The van der Waals surface area contributed by atoms with Gasteiger partial charge in [0.25, 0.3) is 0 Å². The normalized spacial score (nSPS) is 10.4. The third-order valence-electron chi connectivity index (χ3n) is 2.06. The number of hydrogen-bond acceptors (Lipinski definition) is 3. The Morgan fingerprint density at radius 1 is 1.29 bits per heavy atom. The minimum Gasteiger partial charge on any atom is -0.357 e. The monoisotopic (exact) mass is 274 g/mol. The maximum absolute atomic E-state index is 5.78. The Balaban J connectivity index is 2.37. The summed E-state index contributed by atoms with van der Waals surface area (Å²) >= 11 is 10.9. The van der Waals surface area contributed by atoms with Crippen molar-refractivity contribution in [3.8, 4) is 0 Å². The van der Waals surface area contributed by atoms with Crippen LogP contribution in [0.25, 0.3) is 0 Å². The van der Waals surface area contributed by atoms with Crippen molar-refractivity contribution in [1.29, 1.82) is 0 Å². The number of benzene rings is 1. The van der Waals surface area contributed by atoms with Crippen LogP contribution in [0.3, 0.4) is 0 Å². The van der Waals surface area contributed by atoms with Gasteiger partial charge in [-0.1, -0.05) is 11.6 Å². The van der Waals surface area contributed by atoms with E-state index < -0.39 is 0 Å². The van der Waals surface area contributed by atoms with E-state index >= 15 is 0 Å². The smallest absolute Gasteiger partial charge is 0.174 e. The molecule has 0 bridgehead atoms. The van der Waals surface area contributed by atoms with Gasteiger partial charge >= 0.3 is 0 Å². The number of anilines is 1. The van der Waals surface area contributed by atoms with Gasteiger partial charge in [-0.3, -0.25) is 0 Å². The molecule has 6 heteroatoms. The van der Waals surface area contributed by atoms with Crippen molar-refractivity contribution in [3.05, 3.63) is 29.3 Å². The summed E-state index contributed by atoms with van der Waals surface area (Å²) in [7, 11) is 3.15. The first-order chi connectivity index (χ1) is 8.15. The van der Waals surface area contributed by atoms with Gasteiger partial charge in [0, 0.05) is 24.9 Å². The molecule has 1 rings (SSSR count). The van der Waals surface area contributed by atoms with Crippen LogP contribution in [0, 0.1) is 0 Å². The number of thiocarbonyl (C=S) groups is 1. The van der Waals surface area contributed by atoms with Gasteiger partial charge in [0.15, 0.2) is 11.4 Å². The van der Waals surface area contributed by atoms with Crippen LogP contribution in [0.1, 0.15) is 0 Å². The molecule has 0 spiro atoms. The van der Waals surface area contributed by atoms with Crippen LogP contribution in [0.4, 0.5) is 5.69 Å². The fraction of sp³-hybridized carbons (Fsp3) is 0.364. The number of halogens is 1. The zero-order valence-electron chi connectivity index (χ0n) is 9.70. The van der Waals surface area contributed by atoms with E-state index in [9.17, 15) is 0 Å². The molecule has 4 nitrogen and oxygen atoms in total. The summed E-state index contributed by atoms with van der Waals surface area (Å²) < 4.78 is 10.1. The number of hydrogen-bond donors (Lipinski definition) is 2. The predicted molar refractivity (Wildman–Crippen MR) is 73.5 cm³/mol. The summed E-state index contributed by atoms with van der Waals surface area (Å²) in [6, 6.07) is 7.28. The van der Waals surface area contributed by atoms with Gasteiger partial charge in [-0.05, 0) is 36.5 Å². The molecule has 0 radical (unpaired) electrons. The zero-order chi connectivity index (χ0) is 12.7. The molecule has 0 heterocycles. The lowest BCUT2D eigenvalue weighted by molar-refractivity contribution is -0.0964. The highest BCUT2D eigenvalue weighted by Crippen LogP contribution is 2.13. The predicted octanol–water partition coefficient (Wildman–Crippen LogP) is 2.25. The van der Waals surface area contributed by atoms with Crippen LogP contribution < -0.4 is 10.6 Å². The van der Waals surface area contributed by atoms with Crippen LogP contribution in [0.15, 0.2) is 24.3 Å². The van der Waals surface area contributed by atoms with E-state index in [4.69, 9.17) is 33.3 Å². The van der Waals surface area contributed by atoms with Crippen molar-refractivity contribution in [1.82, 2.24) is 5.32 Å². The van der Waals surface area contributed by atoms with E-state index in [2.05, 4.69) is 10.6 Å². The molecule has 0 aromatic heterocycles. The summed E-state index contributed by atoms with van der Waals surface area (Å²) in [5, 5.41) is 7.20. The summed E-state index contributed by atoms with van der Waals surface area (Å²) in [4.78, 5) is 0. The maximum Gasteiger partial charge on any atom is 0.174 e. The largest absolute Gasteiger partial charge is 0.357 e. The molecule has 0 aliphatic carbocycles. The highest BCUT2D eigenvalue weighted by molar-refractivity contribution is 7.80. The molecule has 94 valence electrons. The molecule has 0 amide bonds. The third-order valence-corrected chi connectivity index (χ3v) is 2.56. The van der Waals surface area contributed by atoms with Gasteiger partial charge in [-0.15, -0.1) is 0 Å². The quantitative estimate of drug-likeness (QED) is 0.637. The second kappa shape index (κ2) is 7.45. The summed E-state index contributed by atoms with van der Waals surface area (Å²) in [5.74, 6) is 0. The van der Waals surface area contributed by atoms with Crippen molar-refractivity contribution in [2.45, 2.75) is 6.29 Å². The van der Waals surface area contributed by atoms with Gasteiger partial charge < -0.3 is 20.1 Å². The van der Waals surface area contributed by atoms with Gasteiger partial charge in [0.2, 0.25) is 0 Å². The van der Waals surface area contributed by atoms with Crippen molar-refractivity contribution in [2.75, 3.05) is 26.1 Å². The highest BCUT2D eigenvalue weighted by Gasteiger charge is 2.05. The van der Waals surface area contributed by atoms with E-state index in [1.807, 2.05) is 12.1 Å². The number of rotatable bonds is 5. The Kier molecular flexibility index (Phi) is 6.21. The van der Waals surface area contributed by atoms with Crippen LogP contribution >= 0.6 is 23.8 Å². The molecule has 0 atom stereocenters. The van der Waals surface area contributed by atoms with Crippen molar-refractivity contribution < 1.29 is 9.47 Å². The van der Waals surface area contributed by atoms with E-state index in [1.54, 1.807) is 26.4 Å². The number of ether oxygens (including phenoxy) is 2. The van der Waals surface area contributed by atoms with Gasteiger partial charge in [0.05, 0.1) is 6.54 Å². The minimum atomic E-state index is -0.319. The Morgan fingerprint density at radius 3 is 2.41 bits per heavy atom. The topological polar surface area (TPSA) is 42.5 Å². The molecule has 0 saturated heterocycles. The second-order valence-corrected chi connectivity index (χ2v) is 4.09. The van der Waals surface area contributed by atoms with Gasteiger partial charge in [-0.2, -0.15) is 0 Å².